The van der Waals surface area contributed by atoms with Gasteiger partial charge in [-0.05, 0) is 24.6 Å². The van der Waals surface area contributed by atoms with Gasteiger partial charge in [0.05, 0.1) is 13.2 Å². The van der Waals surface area contributed by atoms with Crippen LogP contribution in [0.15, 0.2) is 16.6 Å². The van der Waals surface area contributed by atoms with Crippen LogP contribution in [0.4, 0.5) is 4.39 Å². The van der Waals surface area contributed by atoms with E-state index in [4.69, 9.17) is 9.47 Å². The minimum atomic E-state index is -0.540. The Morgan fingerprint density at radius 2 is 2.00 bits per heavy atom. The van der Waals surface area contributed by atoms with Crippen LogP contribution in [0.25, 0.3) is 0 Å². The van der Waals surface area contributed by atoms with Gasteiger partial charge in [0.15, 0.2) is 6.29 Å². The second-order valence-corrected chi connectivity index (χ2v) is 4.00. The van der Waals surface area contributed by atoms with Gasteiger partial charge in [0.1, 0.15) is 5.82 Å². The molecule has 0 amide bonds. The molecule has 1 fully saturated rings. The molecule has 0 bridgehead atoms. The van der Waals surface area contributed by atoms with Crippen LogP contribution >= 0.6 is 15.9 Å². The van der Waals surface area contributed by atoms with Gasteiger partial charge in [-0.2, -0.15) is 0 Å². The topological polar surface area (TPSA) is 18.5 Å². The van der Waals surface area contributed by atoms with E-state index in [1.165, 1.54) is 0 Å². The van der Waals surface area contributed by atoms with Crippen molar-refractivity contribution in [3.63, 3.8) is 0 Å². The van der Waals surface area contributed by atoms with Crippen molar-refractivity contribution in [2.45, 2.75) is 13.2 Å². The maximum atomic E-state index is 13.7. The van der Waals surface area contributed by atoms with Crippen LogP contribution in [0.3, 0.4) is 0 Å². The first-order valence-electron chi connectivity index (χ1n) is 4.38. The molecule has 0 radical (unpaired) electrons. The van der Waals surface area contributed by atoms with E-state index in [2.05, 4.69) is 15.9 Å². The van der Waals surface area contributed by atoms with Gasteiger partial charge in [-0.3, -0.25) is 0 Å². The molecule has 76 valence electrons. The molecule has 0 unspecified atom stereocenters. The Morgan fingerprint density at radius 3 is 2.64 bits per heavy atom. The van der Waals surface area contributed by atoms with Crippen molar-refractivity contribution in [1.29, 1.82) is 0 Å². The normalized spacial score (nSPS) is 17.6. The van der Waals surface area contributed by atoms with Crippen LogP contribution in [0.5, 0.6) is 0 Å². The second-order valence-electron chi connectivity index (χ2n) is 3.15. The molecular weight excluding hydrogens is 251 g/mol. The standard InChI is InChI=1S/C10H10BrFO2/c1-6-8(11)3-2-7(9(6)12)10-13-4-5-14-10/h2-3,10H,4-5H2,1H3. The van der Waals surface area contributed by atoms with Gasteiger partial charge in [-0.1, -0.05) is 15.9 Å². The summed E-state index contributed by atoms with van der Waals surface area (Å²) in [5.41, 5.74) is 1.06. The molecule has 2 nitrogen and oxygen atoms in total. The van der Waals surface area contributed by atoms with Crippen LogP contribution in [-0.2, 0) is 9.47 Å². The Balaban J connectivity index is 2.38. The summed E-state index contributed by atoms with van der Waals surface area (Å²) in [5, 5.41) is 0. The number of halogens is 2. The van der Waals surface area contributed by atoms with Gasteiger partial charge >= 0.3 is 0 Å². The van der Waals surface area contributed by atoms with E-state index in [1.807, 2.05) is 0 Å². The van der Waals surface area contributed by atoms with Crippen molar-refractivity contribution in [1.82, 2.24) is 0 Å². The molecular formula is C10H10BrFO2. The van der Waals surface area contributed by atoms with Crippen LogP contribution < -0.4 is 0 Å². The predicted octanol–water partition coefficient (Wildman–Crippen LogP) is 2.94. The van der Waals surface area contributed by atoms with E-state index in [0.717, 1.165) is 4.47 Å². The van der Waals surface area contributed by atoms with Crippen molar-refractivity contribution in [2.75, 3.05) is 13.2 Å². The fraction of sp³-hybridized carbons (Fsp3) is 0.400. The number of ether oxygens (including phenoxy) is 2. The van der Waals surface area contributed by atoms with Crippen LogP contribution in [0.2, 0.25) is 0 Å². The van der Waals surface area contributed by atoms with Crippen LogP contribution in [0, 0.1) is 12.7 Å². The van der Waals surface area contributed by atoms with E-state index in [9.17, 15) is 4.39 Å². The van der Waals surface area contributed by atoms with Gasteiger partial charge in [-0.25, -0.2) is 4.39 Å². The van der Waals surface area contributed by atoms with Gasteiger partial charge in [0.25, 0.3) is 0 Å². The zero-order valence-corrected chi connectivity index (χ0v) is 9.30. The van der Waals surface area contributed by atoms with Crippen molar-refractivity contribution in [3.05, 3.63) is 33.5 Å². The first-order valence-corrected chi connectivity index (χ1v) is 5.17. The fourth-order valence-electron chi connectivity index (χ4n) is 1.40. The second kappa shape index (κ2) is 3.96. The highest BCUT2D eigenvalue weighted by atomic mass is 79.9. The largest absolute Gasteiger partial charge is 0.346 e. The number of benzene rings is 1. The van der Waals surface area contributed by atoms with Gasteiger partial charge in [0.2, 0.25) is 0 Å². The summed E-state index contributed by atoms with van der Waals surface area (Å²) >= 11 is 3.27. The molecule has 0 aliphatic carbocycles. The maximum Gasteiger partial charge on any atom is 0.186 e. The molecule has 1 saturated heterocycles. The molecule has 2 rings (SSSR count). The summed E-state index contributed by atoms with van der Waals surface area (Å²) in [5.74, 6) is -0.258. The molecule has 0 atom stereocenters. The zero-order valence-electron chi connectivity index (χ0n) is 7.72. The molecule has 0 saturated carbocycles. The zero-order chi connectivity index (χ0) is 10.1. The van der Waals surface area contributed by atoms with Crippen molar-refractivity contribution >= 4 is 15.9 Å². The average Bonchev–Trinajstić information content (AvgIpc) is 2.67. The summed E-state index contributed by atoms with van der Waals surface area (Å²) in [6.07, 6.45) is -0.540. The lowest BCUT2D eigenvalue weighted by Gasteiger charge is -2.12. The highest BCUT2D eigenvalue weighted by Gasteiger charge is 2.23. The van der Waals surface area contributed by atoms with Crippen molar-refractivity contribution in [2.24, 2.45) is 0 Å². The predicted molar refractivity (Wildman–Crippen MR) is 53.5 cm³/mol. The monoisotopic (exact) mass is 260 g/mol. The molecule has 1 aliphatic heterocycles. The van der Waals surface area contributed by atoms with Crippen LogP contribution in [0.1, 0.15) is 17.4 Å². The highest BCUT2D eigenvalue weighted by Crippen LogP contribution is 2.30. The smallest absolute Gasteiger partial charge is 0.186 e. The fourth-order valence-corrected chi connectivity index (χ4v) is 1.71. The van der Waals surface area contributed by atoms with Gasteiger partial charge in [-0.15, -0.1) is 0 Å². The quantitative estimate of drug-likeness (QED) is 0.773. The first-order chi connectivity index (χ1) is 6.70. The Morgan fingerprint density at radius 1 is 1.36 bits per heavy atom. The third-order valence-corrected chi connectivity index (χ3v) is 3.08. The summed E-state index contributed by atoms with van der Waals surface area (Å²) in [4.78, 5) is 0. The van der Waals surface area contributed by atoms with E-state index < -0.39 is 6.29 Å². The van der Waals surface area contributed by atoms with E-state index in [0.29, 0.717) is 24.3 Å². The molecule has 1 aromatic carbocycles. The summed E-state index contributed by atoms with van der Waals surface area (Å²) in [6, 6.07) is 3.49. The number of hydrogen-bond donors (Lipinski definition) is 0. The highest BCUT2D eigenvalue weighted by molar-refractivity contribution is 9.10. The minimum Gasteiger partial charge on any atom is -0.346 e. The Hall–Kier alpha value is -0.450. The summed E-state index contributed by atoms with van der Waals surface area (Å²) in [7, 11) is 0. The van der Waals surface area contributed by atoms with Gasteiger partial charge < -0.3 is 9.47 Å². The lowest BCUT2D eigenvalue weighted by Crippen LogP contribution is -2.03. The maximum absolute atomic E-state index is 13.7. The molecule has 0 aromatic heterocycles. The van der Waals surface area contributed by atoms with Crippen LogP contribution in [-0.4, -0.2) is 13.2 Å². The van der Waals surface area contributed by atoms with Crippen molar-refractivity contribution < 1.29 is 13.9 Å². The molecule has 1 heterocycles. The average molecular weight is 261 g/mol. The Bertz CT molecular complexity index is 348. The molecule has 14 heavy (non-hydrogen) atoms. The Labute approximate surface area is 90.1 Å². The lowest BCUT2D eigenvalue weighted by atomic mass is 10.1. The Kier molecular flexibility index (Phi) is 2.85. The molecule has 4 heteroatoms. The van der Waals surface area contributed by atoms with E-state index in [1.54, 1.807) is 19.1 Å². The lowest BCUT2D eigenvalue weighted by molar-refractivity contribution is -0.0465. The van der Waals surface area contributed by atoms with E-state index >= 15 is 0 Å². The van der Waals surface area contributed by atoms with E-state index in [-0.39, 0.29) is 5.82 Å². The molecule has 0 spiro atoms. The SMILES string of the molecule is Cc1c(Br)ccc(C2OCCO2)c1F. The third kappa shape index (κ3) is 1.69. The summed E-state index contributed by atoms with van der Waals surface area (Å²) in [6.45, 7) is 2.77. The van der Waals surface area contributed by atoms with Crippen molar-refractivity contribution in [3.8, 4) is 0 Å². The number of rotatable bonds is 1. The minimum absolute atomic E-state index is 0.258. The third-order valence-electron chi connectivity index (χ3n) is 2.23. The first kappa shape index (κ1) is 10.1. The molecule has 0 N–H and O–H groups in total. The molecule has 1 aromatic rings. The van der Waals surface area contributed by atoms with Gasteiger partial charge in [0, 0.05) is 10.0 Å². The number of hydrogen-bond acceptors (Lipinski definition) is 2. The molecule has 1 aliphatic rings. The summed E-state index contributed by atoms with van der Waals surface area (Å²) < 4.78 is 25.0.